The molecule has 342 valence electrons. The highest BCUT2D eigenvalue weighted by Gasteiger charge is 2.17. The first-order valence-electron chi connectivity index (χ1n) is 25.9. The van der Waals surface area contributed by atoms with Gasteiger partial charge < -0.3 is 14.2 Å². The first kappa shape index (κ1) is 56.4. The van der Waals surface area contributed by atoms with E-state index >= 15 is 0 Å². The highest BCUT2D eigenvalue weighted by Crippen LogP contribution is 2.15. The molecule has 0 amide bonds. The zero-order valence-electron chi connectivity index (χ0n) is 39.3. The van der Waals surface area contributed by atoms with E-state index in [0.29, 0.717) is 19.4 Å². The third kappa shape index (κ3) is 47.1. The monoisotopic (exact) mass is 817 g/mol. The van der Waals surface area contributed by atoms with Crippen molar-refractivity contribution < 1.29 is 23.8 Å². The molecule has 0 rings (SSSR count). The van der Waals surface area contributed by atoms with E-state index in [4.69, 9.17) is 14.2 Å². The van der Waals surface area contributed by atoms with E-state index in [-0.39, 0.29) is 25.2 Å². The summed E-state index contributed by atoms with van der Waals surface area (Å²) in [5, 5.41) is 0. The van der Waals surface area contributed by atoms with Crippen LogP contribution in [0.3, 0.4) is 0 Å². The molecule has 0 heterocycles. The Bertz CT molecular complexity index is 882. The van der Waals surface area contributed by atoms with Gasteiger partial charge in [-0.2, -0.15) is 0 Å². The van der Waals surface area contributed by atoms with Crippen LogP contribution in [0, 0.1) is 0 Å². The summed E-state index contributed by atoms with van der Waals surface area (Å²) < 4.78 is 17.4. The Labute approximate surface area is 362 Å². The summed E-state index contributed by atoms with van der Waals surface area (Å²) in [7, 11) is 0. The highest BCUT2D eigenvalue weighted by atomic mass is 16.6. The molecule has 0 aromatic rings. The molecule has 1 unspecified atom stereocenters. The van der Waals surface area contributed by atoms with Crippen LogP contribution in [0.5, 0.6) is 0 Å². The molecule has 0 aliphatic rings. The summed E-state index contributed by atoms with van der Waals surface area (Å²) >= 11 is 0. The second-order valence-corrected chi connectivity index (χ2v) is 17.4. The Morgan fingerprint density at radius 2 is 0.690 bits per heavy atom. The van der Waals surface area contributed by atoms with Crippen LogP contribution in [0.15, 0.2) is 24.3 Å². The Morgan fingerprint density at radius 1 is 0.362 bits per heavy atom. The second-order valence-electron chi connectivity index (χ2n) is 17.4. The first-order valence-corrected chi connectivity index (χ1v) is 25.9. The van der Waals surface area contributed by atoms with Crippen molar-refractivity contribution in [1.29, 1.82) is 0 Å². The molecule has 0 saturated carbocycles. The molecule has 0 saturated heterocycles. The van der Waals surface area contributed by atoms with Gasteiger partial charge in [-0.3, -0.25) is 9.59 Å². The van der Waals surface area contributed by atoms with E-state index in [9.17, 15) is 9.59 Å². The second kappa shape index (κ2) is 49.7. The molecule has 0 bridgehead atoms. The van der Waals surface area contributed by atoms with Crippen LogP contribution in [0.25, 0.3) is 0 Å². The molecule has 5 heteroatoms. The minimum absolute atomic E-state index is 0.0868. The van der Waals surface area contributed by atoms with Crippen LogP contribution >= 0.6 is 0 Å². The average molecular weight is 817 g/mol. The molecule has 58 heavy (non-hydrogen) atoms. The minimum atomic E-state index is -0.533. The highest BCUT2D eigenvalue weighted by molar-refractivity contribution is 5.70. The van der Waals surface area contributed by atoms with Gasteiger partial charge in [-0.1, -0.05) is 225 Å². The number of allylic oxidation sites excluding steroid dienone is 4. The van der Waals surface area contributed by atoms with Crippen LogP contribution in [0.4, 0.5) is 0 Å². The molecule has 0 spiro atoms. The van der Waals surface area contributed by atoms with Gasteiger partial charge in [0.15, 0.2) is 6.10 Å². The smallest absolute Gasteiger partial charge is 0.306 e. The quantitative estimate of drug-likeness (QED) is 0.0348. The Kier molecular flexibility index (Phi) is 48.4. The van der Waals surface area contributed by atoms with Crippen molar-refractivity contribution in [1.82, 2.24) is 0 Å². The summed E-state index contributed by atoms with van der Waals surface area (Å²) in [5.41, 5.74) is 0. The van der Waals surface area contributed by atoms with Gasteiger partial charge in [-0.05, 0) is 64.2 Å². The van der Waals surface area contributed by atoms with Crippen molar-refractivity contribution in [3.63, 3.8) is 0 Å². The van der Waals surface area contributed by atoms with Gasteiger partial charge in [0.2, 0.25) is 0 Å². The lowest BCUT2D eigenvalue weighted by atomic mass is 10.0. The molecule has 0 aliphatic carbocycles. The zero-order valence-corrected chi connectivity index (χ0v) is 39.3. The number of esters is 2. The van der Waals surface area contributed by atoms with E-state index in [1.165, 1.54) is 205 Å². The van der Waals surface area contributed by atoms with Gasteiger partial charge in [0, 0.05) is 19.4 Å². The zero-order chi connectivity index (χ0) is 42.1. The lowest BCUT2D eigenvalue weighted by Gasteiger charge is -2.18. The van der Waals surface area contributed by atoms with Gasteiger partial charge in [-0.25, -0.2) is 0 Å². The Hall–Kier alpha value is -1.62. The predicted octanol–water partition coefficient (Wildman–Crippen LogP) is 17.2. The van der Waals surface area contributed by atoms with Crippen LogP contribution in [-0.4, -0.2) is 37.9 Å². The standard InChI is InChI=1S/C53H100O5/c1-4-7-10-13-16-19-22-25-26-27-28-30-31-34-37-40-43-46-52(54)57-50-51(49-56-48-45-42-39-36-33-24-21-18-15-12-9-6-3)58-53(55)47-44-41-38-35-32-29-23-20-17-14-11-8-5-2/h15,18,25-26,51H,4-14,16-17,19-24,27-50H2,1-3H3/b18-15-,26-25-. The summed E-state index contributed by atoms with van der Waals surface area (Å²) in [6.45, 7) is 7.82. The number of unbranched alkanes of at least 4 members (excludes halogenated alkanes) is 33. The van der Waals surface area contributed by atoms with Crippen LogP contribution in [-0.2, 0) is 23.8 Å². The molecule has 0 aromatic heterocycles. The fraction of sp³-hybridized carbons (Fsp3) is 0.887. The van der Waals surface area contributed by atoms with E-state index in [1.54, 1.807) is 0 Å². The van der Waals surface area contributed by atoms with Gasteiger partial charge in [0.1, 0.15) is 6.61 Å². The topological polar surface area (TPSA) is 61.8 Å². The molecule has 0 radical (unpaired) electrons. The SMILES string of the molecule is CCCC/C=C\CCCCCCCCOCC(COC(=O)CCCCCCCCC/C=C\CCCCCCCC)OC(=O)CCCCCCCCCCCCCCC. The summed E-state index contributed by atoms with van der Waals surface area (Å²) in [5.74, 6) is -0.390. The Morgan fingerprint density at radius 3 is 1.10 bits per heavy atom. The van der Waals surface area contributed by atoms with Crippen molar-refractivity contribution in [2.24, 2.45) is 0 Å². The van der Waals surface area contributed by atoms with E-state index < -0.39 is 6.10 Å². The van der Waals surface area contributed by atoms with Crippen molar-refractivity contribution in [2.45, 2.75) is 284 Å². The Balaban J connectivity index is 4.21. The van der Waals surface area contributed by atoms with E-state index in [2.05, 4.69) is 45.1 Å². The lowest BCUT2D eigenvalue weighted by Crippen LogP contribution is -2.30. The normalized spacial score (nSPS) is 12.3. The summed E-state index contributed by atoms with van der Waals surface area (Å²) in [4.78, 5) is 25.4. The van der Waals surface area contributed by atoms with Gasteiger partial charge in [0.25, 0.3) is 0 Å². The van der Waals surface area contributed by atoms with Crippen molar-refractivity contribution in [2.75, 3.05) is 19.8 Å². The fourth-order valence-electron chi connectivity index (χ4n) is 7.55. The molecule has 0 fully saturated rings. The number of ether oxygens (including phenoxy) is 3. The van der Waals surface area contributed by atoms with Crippen molar-refractivity contribution >= 4 is 11.9 Å². The molecule has 0 aromatic carbocycles. The fourth-order valence-corrected chi connectivity index (χ4v) is 7.55. The van der Waals surface area contributed by atoms with E-state index in [1.807, 2.05) is 0 Å². The molecule has 5 nitrogen and oxygen atoms in total. The molecule has 0 N–H and O–H groups in total. The number of hydrogen-bond acceptors (Lipinski definition) is 5. The maximum absolute atomic E-state index is 12.8. The predicted molar refractivity (Wildman–Crippen MR) is 252 cm³/mol. The number of hydrogen-bond donors (Lipinski definition) is 0. The third-order valence-electron chi connectivity index (χ3n) is 11.5. The minimum Gasteiger partial charge on any atom is -0.462 e. The average Bonchev–Trinajstić information content (AvgIpc) is 3.22. The van der Waals surface area contributed by atoms with Crippen LogP contribution in [0.1, 0.15) is 278 Å². The third-order valence-corrected chi connectivity index (χ3v) is 11.5. The first-order chi connectivity index (χ1) is 28.6. The van der Waals surface area contributed by atoms with Gasteiger partial charge in [0.05, 0.1) is 6.61 Å². The van der Waals surface area contributed by atoms with E-state index in [0.717, 1.165) is 38.5 Å². The summed E-state index contributed by atoms with van der Waals surface area (Å²) in [6.07, 6.45) is 57.5. The summed E-state index contributed by atoms with van der Waals surface area (Å²) in [6, 6.07) is 0. The van der Waals surface area contributed by atoms with Crippen molar-refractivity contribution in [3.05, 3.63) is 24.3 Å². The largest absolute Gasteiger partial charge is 0.462 e. The van der Waals surface area contributed by atoms with Crippen molar-refractivity contribution in [3.8, 4) is 0 Å². The number of rotatable bonds is 48. The maximum Gasteiger partial charge on any atom is 0.306 e. The molecular weight excluding hydrogens is 717 g/mol. The molecule has 0 aliphatic heterocycles. The maximum atomic E-state index is 12.8. The molecular formula is C53H100O5. The molecule has 1 atom stereocenters. The number of carbonyl (C=O) groups excluding carboxylic acids is 2. The van der Waals surface area contributed by atoms with Crippen LogP contribution < -0.4 is 0 Å². The lowest BCUT2D eigenvalue weighted by molar-refractivity contribution is -0.163. The van der Waals surface area contributed by atoms with Crippen LogP contribution in [0.2, 0.25) is 0 Å². The van der Waals surface area contributed by atoms with Gasteiger partial charge >= 0.3 is 11.9 Å². The number of carbonyl (C=O) groups is 2. The van der Waals surface area contributed by atoms with Gasteiger partial charge in [-0.15, -0.1) is 0 Å².